The molecule has 0 aliphatic rings. The van der Waals surface area contributed by atoms with Crippen LogP contribution in [-0.2, 0) is 10.0 Å². The third kappa shape index (κ3) is 5.85. The molecule has 1 atom stereocenters. The highest BCUT2D eigenvalue weighted by Gasteiger charge is 2.21. The largest absolute Gasteiger partial charge is 0.387 e. The van der Waals surface area contributed by atoms with Crippen molar-refractivity contribution in [1.29, 1.82) is 0 Å². The van der Waals surface area contributed by atoms with Crippen LogP contribution in [0.5, 0.6) is 0 Å². The quantitative estimate of drug-likeness (QED) is 0.535. The van der Waals surface area contributed by atoms with Crippen molar-refractivity contribution in [3.8, 4) is 11.3 Å². The van der Waals surface area contributed by atoms with E-state index < -0.39 is 21.7 Å². The number of aliphatic hydroxyl groups excluding tert-OH is 1. The Kier molecular flexibility index (Phi) is 6.50. The molecule has 3 aromatic rings. The molecule has 0 bridgehead atoms. The molecule has 8 heteroatoms. The Bertz CT molecular complexity index is 1080. The molecule has 0 amide bonds. The molecular weight excluding hydrogens is 400 g/mol. The summed E-state index contributed by atoms with van der Waals surface area (Å²) in [4.78, 5) is 8.65. The van der Waals surface area contributed by atoms with E-state index in [9.17, 15) is 13.5 Å². The number of hydrogen-bond acceptors (Lipinski definition) is 6. The first-order chi connectivity index (χ1) is 14.1. The first-order valence-electron chi connectivity index (χ1n) is 9.57. The fourth-order valence-electron chi connectivity index (χ4n) is 2.87. The molecule has 158 valence electrons. The van der Waals surface area contributed by atoms with Crippen molar-refractivity contribution in [3.05, 3.63) is 72.6 Å². The highest BCUT2D eigenvalue weighted by atomic mass is 32.2. The molecule has 0 unspecified atom stereocenters. The Morgan fingerprint density at radius 3 is 2.30 bits per heavy atom. The minimum atomic E-state index is -3.59. The van der Waals surface area contributed by atoms with Gasteiger partial charge in [0.15, 0.2) is 0 Å². The first kappa shape index (κ1) is 21.9. The maximum Gasteiger partial charge on any atom is 0.241 e. The molecule has 0 spiro atoms. The summed E-state index contributed by atoms with van der Waals surface area (Å²) in [6.45, 7) is 5.69. The SMILES string of the molecule is CC(C)(C)NS(=O)(=O)c1ccc(-c2cc(NC[C@@H](O)c3ccccc3)ncn2)cc1. The highest BCUT2D eigenvalue weighted by molar-refractivity contribution is 7.89. The number of benzene rings is 2. The lowest BCUT2D eigenvalue weighted by molar-refractivity contribution is 0.191. The van der Waals surface area contributed by atoms with E-state index in [2.05, 4.69) is 20.0 Å². The van der Waals surface area contributed by atoms with Gasteiger partial charge in [0.25, 0.3) is 0 Å². The molecule has 3 N–H and O–H groups in total. The van der Waals surface area contributed by atoms with Crippen molar-refractivity contribution in [2.75, 3.05) is 11.9 Å². The summed E-state index contributed by atoms with van der Waals surface area (Å²) in [5.74, 6) is 0.570. The van der Waals surface area contributed by atoms with Gasteiger partial charge in [-0.1, -0.05) is 42.5 Å². The summed E-state index contributed by atoms with van der Waals surface area (Å²) in [5, 5.41) is 13.4. The summed E-state index contributed by atoms with van der Waals surface area (Å²) in [6.07, 6.45) is 0.766. The minimum absolute atomic E-state index is 0.194. The zero-order chi connectivity index (χ0) is 21.8. The van der Waals surface area contributed by atoms with E-state index in [0.29, 0.717) is 18.1 Å². The second-order valence-corrected chi connectivity index (χ2v) is 9.66. The number of sulfonamides is 1. The second-order valence-electron chi connectivity index (χ2n) is 7.98. The molecule has 30 heavy (non-hydrogen) atoms. The van der Waals surface area contributed by atoms with E-state index in [1.54, 1.807) is 51.1 Å². The van der Waals surface area contributed by atoms with Gasteiger partial charge in [0.1, 0.15) is 12.1 Å². The smallest absolute Gasteiger partial charge is 0.241 e. The van der Waals surface area contributed by atoms with Crippen molar-refractivity contribution in [2.45, 2.75) is 37.3 Å². The summed E-state index contributed by atoms with van der Waals surface area (Å²) >= 11 is 0. The monoisotopic (exact) mass is 426 g/mol. The minimum Gasteiger partial charge on any atom is -0.387 e. The number of anilines is 1. The average molecular weight is 427 g/mol. The summed E-state index contributed by atoms with van der Waals surface area (Å²) in [7, 11) is -3.59. The zero-order valence-electron chi connectivity index (χ0n) is 17.2. The maximum atomic E-state index is 12.4. The molecule has 0 saturated heterocycles. The van der Waals surface area contributed by atoms with Crippen molar-refractivity contribution < 1.29 is 13.5 Å². The van der Waals surface area contributed by atoms with Crippen LogP contribution < -0.4 is 10.0 Å². The number of nitrogens with zero attached hydrogens (tertiary/aromatic N) is 2. The van der Waals surface area contributed by atoms with Gasteiger partial charge in [0.05, 0.1) is 16.7 Å². The third-order valence-electron chi connectivity index (χ3n) is 4.23. The third-order valence-corrected chi connectivity index (χ3v) is 6.00. The van der Waals surface area contributed by atoms with Crippen LogP contribution in [0.15, 0.2) is 71.9 Å². The van der Waals surface area contributed by atoms with Gasteiger partial charge in [0, 0.05) is 23.7 Å². The Balaban J connectivity index is 1.71. The second kappa shape index (κ2) is 8.91. The number of aromatic nitrogens is 2. The predicted octanol–water partition coefficient (Wildman–Crippen LogP) is 3.37. The van der Waals surface area contributed by atoms with Crippen LogP contribution in [0.4, 0.5) is 5.82 Å². The van der Waals surface area contributed by atoms with E-state index in [4.69, 9.17) is 0 Å². The molecule has 0 radical (unpaired) electrons. The van der Waals surface area contributed by atoms with Crippen LogP contribution in [0, 0.1) is 0 Å². The van der Waals surface area contributed by atoms with Gasteiger partial charge in [0.2, 0.25) is 10.0 Å². The summed E-state index contributed by atoms with van der Waals surface area (Å²) < 4.78 is 27.5. The number of aliphatic hydroxyl groups is 1. The zero-order valence-corrected chi connectivity index (χ0v) is 18.0. The lowest BCUT2D eigenvalue weighted by Gasteiger charge is -2.20. The Morgan fingerprint density at radius 1 is 1.00 bits per heavy atom. The summed E-state index contributed by atoms with van der Waals surface area (Å²) in [5.41, 5.74) is 1.67. The van der Waals surface area contributed by atoms with Gasteiger partial charge in [-0.15, -0.1) is 0 Å². The standard InChI is InChI=1S/C22H26N4O3S/c1-22(2,3)26-30(28,29)18-11-9-16(10-12-18)19-13-21(25-15-24-19)23-14-20(27)17-7-5-4-6-8-17/h4-13,15,20,26-27H,14H2,1-3H3,(H,23,24,25)/t20-/m1/s1. The van der Waals surface area contributed by atoms with E-state index >= 15 is 0 Å². The number of rotatable bonds is 7. The van der Waals surface area contributed by atoms with Crippen LogP contribution in [0.1, 0.15) is 32.4 Å². The van der Waals surface area contributed by atoms with Crippen LogP contribution in [0.2, 0.25) is 0 Å². The molecule has 0 fully saturated rings. The van der Waals surface area contributed by atoms with Crippen LogP contribution in [-0.4, -0.2) is 35.6 Å². The molecule has 2 aromatic carbocycles. The highest BCUT2D eigenvalue weighted by Crippen LogP contribution is 2.22. The fraction of sp³-hybridized carbons (Fsp3) is 0.273. The predicted molar refractivity (Wildman–Crippen MR) is 117 cm³/mol. The van der Waals surface area contributed by atoms with E-state index in [0.717, 1.165) is 11.1 Å². The van der Waals surface area contributed by atoms with E-state index in [-0.39, 0.29) is 4.90 Å². The number of hydrogen-bond donors (Lipinski definition) is 3. The van der Waals surface area contributed by atoms with Gasteiger partial charge in [-0.05, 0) is 38.5 Å². The lowest BCUT2D eigenvalue weighted by Crippen LogP contribution is -2.40. The van der Waals surface area contributed by atoms with Gasteiger partial charge >= 0.3 is 0 Å². The Hall–Kier alpha value is -2.81. The van der Waals surface area contributed by atoms with E-state index in [1.165, 1.54) is 6.33 Å². The number of nitrogens with one attached hydrogen (secondary N) is 2. The van der Waals surface area contributed by atoms with Crippen molar-refractivity contribution >= 4 is 15.8 Å². The molecule has 1 heterocycles. The molecule has 0 aliphatic carbocycles. The molecule has 7 nitrogen and oxygen atoms in total. The normalized spacial score (nSPS) is 13.1. The summed E-state index contributed by atoms with van der Waals surface area (Å²) in [6, 6.07) is 17.7. The fourth-order valence-corrected chi connectivity index (χ4v) is 4.29. The van der Waals surface area contributed by atoms with Gasteiger partial charge in [-0.25, -0.2) is 23.1 Å². The first-order valence-corrected chi connectivity index (χ1v) is 11.1. The van der Waals surface area contributed by atoms with Crippen LogP contribution in [0.3, 0.4) is 0 Å². The van der Waals surface area contributed by atoms with Gasteiger partial charge in [-0.2, -0.15) is 0 Å². The molecular formula is C22H26N4O3S. The van der Waals surface area contributed by atoms with Crippen LogP contribution >= 0.6 is 0 Å². The van der Waals surface area contributed by atoms with Crippen molar-refractivity contribution in [3.63, 3.8) is 0 Å². The lowest BCUT2D eigenvalue weighted by atomic mass is 10.1. The molecule has 0 saturated carbocycles. The molecule has 1 aromatic heterocycles. The Morgan fingerprint density at radius 2 is 1.67 bits per heavy atom. The van der Waals surface area contributed by atoms with Crippen LogP contribution in [0.25, 0.3) is 11.3 Å². The van der Waals surface area contributed by atoms with E-state index in [1.807, 2.05) is 30.3 Å². The maximum absolute atomic E-state index is 12.4. The van der Waals surface area contributed by atoms with Gasteiger partial charge in [-0.3, -0.25) is 0 Å². The van der Waals surface area contributed by atoms with Crippen molar-refractivity contribution in [1.82, 2.24) is 14.7 Å². The Labute approximate surface area is 177 Å². The molecule has 3 rings (SSSR count). The molecule has 0 aliphatic heterocycles. The van der Waals surface area contributed by atoms with Gasteiger partial charge < -0.3 is 10.4 Å². The topological polar surface area (TPSA) is 104 Å². The van der Waals surface area contributed by atoms with Crippen molar-refractivity contribution in [2.24, 2.45) is 0 Å². The average Bonchev–Trinajstić information content (AvgIpc) is 2.71.